The Kier molecular flexibility index (Phi) is 7.34. The summed E-state index contributed by atoms with van der Waals surface area (Å²) in [6.45, 7) is 5.41. The minimum Gasteiger partial charge on any atom is -0.467 e. The third kappa shape index (κ3) is 5.57. The first kappa shape index (κ1) is 22.9. The van der Waals surface area contributed by atoms with Gasteiger partial charge in [0.15, 0.2) is 0 Å². The fourth-order valence-corrected chi connectivity index (χ4v) is 3.98. The van der Waals surface area contributed by atoms with Gasteiger partial charge in [0.2, 0.25) is 5.91 Å². The lowest BCUT2D eigenvalue weighted by Gasteiger charge is -2.31. The predicted molar refractivity (Wildman–Crippen MR) is 123 cm³/mol. The summed E-state index contributed by atoms with van der Waals surface area (Å²) < 4.78 is 11.2. The molecule has 1 fully saturated rings. The van der Waals surface area contributed by atoms with E-state index >= 15 is 0 Å². The molecule has 1 aliphatic heterocycles. The van der Waals surface area contributed by atoms with Crippen LogP contribution in [0.3, 0.4) is 0 Å². The van der Waals surface area contributed by atoms with Crippen LogP contribution in [0.15, 0.2) is 53.3 Å². The third-order valence-electron chi connectivity index (χ3n) is 6.08. The molecule has 2 amide bonds. The van der Waals surface area contributed by atoms with E-state index in [2.05, 4.69) is 9.97 Å². The Hall–Kier alpha value is -3.26. The number of para-hydroxylation sites is 2. The first-order valence-electron chi connectivity index (χ1n) is 11.5. The summed E-state index contributed by atoms with van der Waals surface area (Å²) in [7, 11) is 0. The van der Waals surface area contributed by atoms with Gasteiger partial charge in [-0.3, -0.25) is 14.6 Å². The molecule has 1 aliphatic rings. The molecule has 174 valence electrons. The van der Waals surface area contributed by atoms with Crippen LogP contribution in [0.25, 0.3) is 11.0 Å². The van der Waals surface area contributed by atoms with Gasteiger partial charge in [0, 0.05) is 19.2 Å². The number of ether oxygens (including phenoxy) is 1. The second-order valence-electron chi connectivity index (χ2n) is 8.42. The Morgan fingerprint density at radius 2 is 2.00 bits per heavy atom. The summed E-state index contributed by atoms with van der Waals surface area (Å²) in [5.74, 6) is 0.249. The molecule has 2 unspecified atom stereocenters. The van der Waals surface area contributed by atoms with Crippen molar-refractivity contribution in [1.29, 1.82) is 0 Å². The molecule has 0 radical (unpaired) electrons. The zero-order chi connectivity index (χ0) is 23.2. The molecular weight excluding hydrogens is 420 g/mol. The molecule has 8 heteroatoms. The van der Waals surface area contributed by atoms with E-state index in [1.54, 1.807) is 22.1 Å². The largest absolute Gasteiger partial charge is 0.467 e. The number of nitrogens with zero attached hydrogens (tertiary/aromatic N) is 4. The lowest BCUT2D eigenvalue weighted by atomic mass is 10.2. The van der Waals surface area contributed by atoms with Gasteiger partial charge in [-0.2, -0.15) is 0 Å². The van der Waals surface area contributed by atoms with Crippen molar-refractivity contribution >= 4 is 22.8 Å². The zero-order valence-electron chi connectivity index (χ0n) is 19.1. The van der Waals surface area contributed by atoms with Crippen molar-refractivity contribution in [3.63, 3.8) is 0 Å². The molecule has 0 N–H and O–H groups in total. The molecule has 0 spiro atoms. The summed E-state index contributed by atoms with van der Waals surface area (Å²) >= 11 is 0. The van der Waals surface area contributed by atoms with E-state index in [0.717, 1.165) is 18.4 Å². The van der Waals surface area contributed by atoms with Crippen LogP contribution in [-0.4, -0.2) is 63.4 Å². The van der Waals surface area contributed by atoms with E-state index in [0.29, 0.717) is 37.4 Å². The number of hydrogen-bond donors (Lipinski definition) is 0. The number of fused-ring (bicyclic) bond motifs is 1. The van der Waals surface area contributed by atoms with Crippen LogP contribution in [0.5, 0.6) is 0 Å². The van der Waals surface area contributed by atoms with E-state index in [4.69, 9.17) is 9.15 Å². The zero-order valence-corrected chi connectivity index (χ0v) is 19.1. The Morgan fingerprint density at radius 1 is 1.18 bits per heavy atom. The van der Waals surface area contributed by atoms with E-state index in [9.17, 15) is 9.59 Å². The van der Waals surface area contributed by atoms with Crippen molar-refractivity contribution in [2.75, 3.05) is 19.7 Å². The van der Waals surface area contributed by atoms with Crippen LogP contribution in [-0.2, 0) is 16.1 Å². The number of amides is 2. The fourth-order valence-electron chi connectivity index (χ4n) is 3.98. The SMILES string of the molecule is CCC(C)N(CC(=O)N(Cc1ccco1)CC1CCCO1)C(=O)c1cnc2ccccc2n1. The highest BCUT2D eigenvalue weighted by atomic mass is 16.5. The quantitative estimate of drug-likeness (QED) is 0.494. The normalized spacial score (nSPS) is 16.6. The highest BCUT2D eigenvalue weighted by Crippen LogP contribution is 2.18. The Labute approximate surface area is 193 Å². The Morgan fingerprint density at radius 3 is 2.70 bits per heavy atom. The molecular formula is C25H30N4O4. The molecule has 1 aromatic carbocycles. The van der Waals surface area contributed by atoms with Gasteiger partial charge in [-0.15, -0.1) is 0 Å². The average Bonchev–Trinajstić information content (AvgIpc) is 3.55. The third-order valence-corrected chi connectivity index (χ3v) is 6.08. The molecule has 0 saturated carbocycles. The molecule has 0 bridgehead atoms. The minimum atomic E-state index is -0.300. The number of carbonyl (C=O) groups excluding carboxylic acids is 2. The average molecular weight is 451 g/mol. The maximum absolute atomic E-state index is 13.4. The molecule has 33 heavy (non-hydrogen) atoms. The van der Waals surface area contributed by atoms with E-state index in [1.165, 1.54) is 6.20 Å². The highest BCUT2D eigenvalue weighted by molar-refractivity contribution is 5.96. The number of benzene rings is 1. The van der Waals surface area contributed by atoms with Gasteiger partial charge in [0.25, 0.3) is 5.91 Å². The van der Waals surface area contributed by atoms with Crippen LogP contribution < -0.4 is 0 Å². The van der Waals surface area contributed by atoms with Gasteiger partial charge < -0.3 is 19.0 Å². The lowest BCUT2D eigenvalue weighted by molar-refractivity contribution is -0.134. The van der Waals surface area contributed by atoms with Crippen LogP contribution in [0.1, 0.15) is 49.4 Å². The highest BCUT2D eigenvalue weighted by Gasteiger charge is 2.29. The summed E-state index contributed by atoms with van der Waals surface area (Å²) in [4.78, 5) is 39.0. The second kappa shape index (κ2) is 10.6. The molecule has 2 atom stereocenters. The number of hydrogen-bond acceptors (Lipinski definition) is 6. The maximum Gasteiger partial charge on any atom is 0.274 e. The molecule has 2 aromatic heterocycles. The molecule has 4 rings (SSSR count). The summed E-state index contributed by atoms with van der Waals surface area (Å²) in [6, 6.07) is 10.9. The second-order valence-corrected chi connectivity index (χ2v) is 8.42. The molecule has 1 saturated heterocycles. The summed E-state index contributed by atoms with van der Waals surface area (Å²) in [5.41, 5.74) is 1.61. The van der Waals surface area contributed by atoms with Crippen molar-refractivity contribution in [2.45, 2.75) is 51.8 Å². The van der Waals surface area contributed by atoms with Crippen LogP contribution in [0, 0.1) is 0 Å². The van der Waals surface area contributed by atoms with Crippen LogP contribution >= 0.6 is 0 Å². The molecule has 3 aromatic rings. The first-order chi connectivity index (χ1) is 16.0. The number of aromatic nitrogens is 2. The number of carbonyl (C=O) groups is 2. The van der Waals surface area contributed by atoms with Crippen molar-refractivity contribution in [1.82, 2.24) is 19.8 Å². The summed E-state index contributed by atoms with van der Waals surface area (Å²) in [6.07, 6.45) is 5.70. The lowest BCUT2D eigenvalue weighted by Crippen LogP contribution is -2.48. The summed E-state index contributed by atoms with van der Waals surface area (Å²) in [5, 5.41) is 0. The van der Waals surface area contributed by atoms with Crippen LogP contribution in [0.4, 0.5) is 0 Å². The minimum absolute atomic E-state index is 0.00279. The van der Waals surface area contributed by atoms with Gasteiger partial charge >= 0.3 is 0 Å². The molecule has 3 heterocycles. The van der Waals surface area contributed by atoms with Gasteiger partial charge in [-0.05, 0) is 50.5 Å². The van der Waals surface area contributed by atoms with Crippen molar-refractivity contribution < 1.29 is 18.7 Å². The van der Waals surface area contributed by atoms with Crippen molar-refractivity contribution in [3.8, 4) is 0 Å². The van der Waals surface area contributed by atoms with E-state index < -0.39 is 0 Å². The van der Waals surface area contributed by atoms with Gasteiger partial charge in [-0.1, -0.05) is 19.1 Å². The number of rotatable bonds is 9. The monoisotopic (exact) mass is 450 g/mol. The van der Waals surface area contributed by atoms with E-state index in [-0.39, 0.29) is 36.2 Å². The Bertz CT molecular complexity index is 1080. The first-order valence-corrected chi connectivity index (χ1v) is 11.5. The van der Waals surface area contributed by atoms with Crippen molar-refractivity contribution in [3.05, 3.63) is 60.3 Å². The fraction of sp³-hybridized carbons (Fsp3) is 0.440. The predicted octanol–water partition coefficient (Wildman–Crippen LogP) is 3.67. The van der Waals surface area contributed by atoms with Gasteiger partial charge in [-0.25, -0.2) is 4.98 Å². The standard InChI is InChI=1S/C25H30N4O4/c1-3-18(2)29(25(31)23-14-26-21-10-4-5-11-22(21)27-23)17-24(30)28(15-19-8-6-12-32-19)16-20-9-7-13-33-20/h4-6,8,10-12,14,18,20H,3,7,9,13,15-17H2,1-2H3. The Balaban J connectivity index is 1.54. The van der Waals surface area contributed by atoms with Gasteiger partial charge in [0.1, 0.15) is 18.0 Å². The van der Waals surface area contributed by atoms with Crippen molar-refractivity contribution in [2.24, 2.45) is 0 Å². The van der Waals surface area contributed by atoms with Crippen LogP contribution in [0.2, 0.25) is 0 Å². The molecule has 8 nitrogen and oxygen atoms in total. The van der Waals surface area contributed by atoms with Gasteiger partial charge in [0.05, 0.1) is 36.1 Å². The van der Waals surface area contributed by atoms with E-state index in [1.807, 2.05) is 44.2 Å². The maximum atomic E-state index is 13.4. The number of furan rings is 1. The smallest absolute Gasteiger partial charge is 0.274 e. The topological polar surface area (TPSA) is 88.8 Å². The molecule has 0 aliphatic carbocycles.